The Morgan fingerprint density at radius 1 is 1.11 bits per heavy atom. The van der Waals surface area contributed by atoms with Crippen LogP contribution in [0.1, 0.15) is 28.9 Å². The minimum Gasteiger partial charge on any atom is -0.454 e. The number of rotatable bonds is 6. The SMILES string of the molecule is C[C@@H](NC(=O)CNC(=O)c1ccc2c(c1)OCO2)c1ccc(S(N)(=O)=O)cc1. The van der Waals surface area contributed by atoms with Crippen LogP contribution in [0.25, 0.3) is 0 Å². The average Bonchev–Trinajstić information content (AvgIpc) is 3.13. The lowest BCUT2D eigenvalue weighted by molar-refractivity contribution is -0.120. The Hall–Kier alpha value is -3.11. The van der Waals surface area contributed by atoms with Gasteiger partial charge in [-0.2, -0.15) is 0 Å². The lowest BCUT2D eigenvalue weighted by Gasteiger charge is -2.15. The third-order valence-electron chi connectivity index (χ3n) is 4.13. The van der Waals surface area contributed by atoms with Crippen LogP contribution >= 0.6 is 0 Å². The van der Waals surface area contributed by atoms with E-state index < -0.39 is 21.8 Å². The molecule has 1 aliphatic heterocycles. The first-order chi connectivity index (χ1) is 13.2. The zero-order valence-electron chi connectivity index (χ0n) is 15.0. The highest BCUT2D eigenvalue weighted by Crippen LogP contribution is 2.32. The molecular weight excluding hydrogens is 386 g/mol. The van der Waals surface area contributed by atoms with Crippen molar-refractivity contribution in [1.82, 2.24) is 10.6 Å². The van der Waals surface area contributed by atoms with E-state index in [-0.39, 0.29) is 24.3 Å². The molecule has 0 saturated heterocycles. The molecule has 0 bridgehead atoms. The molecule has 2 aromatic rings. The van der Waals surface area contributed by atoms with Gasteiger partial charge in [0, 0.05) is 5.56 Å². The number of primary sulfonamides is 1. The zero-order chi connectivity index (χ0) is 20.3. The molecule has 9 nitrogen and oxygen atoms in total. The number of benzene rings is 2. The molecule has 0 unspecified atom stereocenters. The van der Waals surface area contributed by atoms with Crippen molar-refractivity contribution in [3.05, 3.63) is 53.6 Å². The minimum absolute atomic E-state index is 0.00855. The van der Waals surface area contributed by atoms with Crippen molar-refractivity contribution >= 4 is 21.8 Å². The van der Waals surface area contributed by atoms with Gasteiger partial charge >= 0.3 is 0 Å². The van der Waals surface area contributed by atoms with Crippen LogP contribution < -0.4 is 25.2 Å². The highest BCUT2D eigenvalue weighted by atomic mass is 32.2. The molecule has 0 fully saturated rings. The summed E-state index contributed by atoms with van der Waals surface area (Å²) < 4.78 is 33.0. The van der Waals surface area contributed by atoms with Gasteiger partial charge in [-0.3, -0.25) is 9.59 Å². The summed E-state index contributed by atoms with van der Waals surface area (Å²) in [4.78, 5) is 24.3. The van der Waals surface area contributed by atoms with Crippen LogP contribution in [0.5, 0.6) is 11.5 Å². The second-order valence-corrected chi connectivity index (χ2v) is 7.72. The van der Waals surface area contributed by atoms with Crippen molar-refractivity contribution in [1.29, 1.82) is 0 Å². The second kappa shape index (κ2) is 7.87. The van der Waals surface area contributed by atoms with Crippen LogP contribution in [0, 0.1) is 0 Å². The van der Waals surface area contributed by atoms with Gasteiger partial charge < -0.3 is 20.1 Å². The van der Waals surface area contributed by atoms with Gasteiger partial charge in [0.1, 0.15) is 0 Å². The molecule has 0 aliphatic carbocycles. The molecule has 1 aliphatic rings. The largest absolute Gasteiger partial charge is 0.454 e. The van der Waals surface area contributed by atoms with Crippen LogP contribution in [0.3, 0.4) is 0 Å². The molecule has 4 N–H and O–H groups in total. The summed E-state index contributed by atoms with van der Waals surface area (Å²) in [7, 11) is -3.77. The van der Waals surface area contributed by atoms with Crippen molar-refractivity contribution < 1.29 is 27.5 Å². The smallest absolute Gasteiger partial charge is 0.251 e. The molecule has 0 aromatic heterocycles. The van der Waals surface area contributed by atoms with Crippen molar-refractivity contribution in [3.63, 3.8) is 0 Å². The van der Waals surface area contributed by atoms with Crippen LogP contribution in [-0.4, -0.2) is 33.6 Å². The standard InChI is InChI=1S/C18H19N3O6S/c1-11(12-2-5-14(6-3-12)28(19,24)25)21-17(22)9-20-18(23)13-4-7-15-16(8-13)27-10-26-15/h2-8,11H,9-10H2,1H3,(H,20,23)(H,21,22)(H2,19,24,25)/t11-/m1/s1. The monoisotopic (exact) mass is 405 g/mol. The van der Waals surface area contributed by atoms with E-state index in [0.29, 0.717) is 22.6 Å². The number of nitrogens with one attached hydrogen (secondary N) is 2. The van der Waals surface area contributed by atoms with Crippen molar-refractivity contribution in [3.8, 4) is 11.5 Å². The molecule has 1 heterocycles. The Bertz CT molecular complexity index is 1000. The molecule has 2 aromatic carbocycles. The number of amides is 2. The lowest BCUT2D eigenvalue weighted by atomic mass is 10.1. The fourth-order valence-electron chi connectivity index (χ4n) is 2.62. The minimum atomic E-state index is -3.77. The van der Waals surface area contributed by atoms with Crippen molar-refractivity contribution in [2.75, 3.05) is 13.3 Å². The van der Waals surface area contributed by atoms with E-state index in [1.165, 1.54) is 12.1 Å². The average molecular weight is 405 g/mol. The molecule has 1 atom stereocenters. The summed E-state index contributed by atoms with van der Waals surface area (Å²) in [6, 6.07) is 10.2. The van der Waals surface area contributed by atoms with Crippen LogP contribution in [0.2, 0.25) is 0 Å². The van der Waals surface area contributed by atoms with Gasteiger partial charge in [0.15, 0.2) is 11.5 Å². The first kappa shape index (κ1) is 19.6. The number of carbonyl (C=O) groups is 2. The van der Waals surface area contributed by atoms with Gasteiger partial charge in [-0.1, -0.05) is 12.1 Å². The van der Waals surface area contributed by atoms with Crippen molar-refractivity contribution in [2.24, 2.45) is 5.14 Å². The number of carbonyl (C=O) groups excluding carboxylic acids is 2. The van der Waals surface area contributed by atoms with Gasteiger partial charge in [-0.25, -0.2) is 13.6 Å². The Balaban J connectivity index is 1.53. The number of hydrogen-bond donors (Lipinski definition) is 3. The topological polar surface area (TPSA) is 137 Å². The van der Waals surface area contributed by atoms with E-state index in [4.69, 9.17) is 14.6 Å². The molecule has 148 valence electrons. The Labute approximate surface area is 161 Å². The highest BCUT2D eigenvalue weighted by molar-refractivity contribution is 7.89. The molecule has 28 heavy (non-hydrogen) atoms. The third kappa shape index (κ3) is 4.59. The van der Waals surface area contributed by atoms with E-state index in [1.807, 2.05) is 0 Å². The zero-order valence-corrected chi connectivity index (χ0v) is 15.8. The van der Waals surface area contributed by atoms with E-state index >= 15 is 0 Å². The Kier molecular flexibility index (Phi) is 5.52. The van der Waals surface area contributed by atoms with Gasteiger partial charge in [0.05, 0.1) is 17.5 Å². The number of sulfonamides is 1. The summed E-state index contributed by atoms with van der Waals surface area (Å²) in [6.45, 7) is 1.63. The maximum Gasteiger partial charge on any atom is 0.251 e. The van der Waals surface area contributed by atoms with E-state index in [1.54, 1.807) is 37.3 Å². The highest BCUT2D eigenvalue weighted by Gasteiger charge is 2.17. The summed E-state index contributed by atoms with van der Waals surface area (Å²) in [5.41, 5.74) is 1.05. The predicted molar refractivity (Wildman–Crippen MR) is 99.3 cm³/mol. The van der Waals surface area contributed by atoms with E-state index in [9.17, 15) is 18.0 Å². The molecule has 3 rings (SSSR count). The maximum atomic E-state index is 12.2. The normalized spacial score (nSPS) is 13.6. The van der Waals surface area contributed by atoms with Gasteiger partial charge in [0.2, 0.25) is 22.7 Å². The number of nitrogens with two attached hydrogens (primary N) is 1. The molecule has 0 saturated carbocycles. The fourth-order valence-corrected chi connectivity index (χ4v) is 3.14. The molecule has 10 heteroatoms. The van der Waals surface area contributed by atoms with Gasteiger partial charge in [0.25, 0.3) is 5.91 Å². The second-order valence-electron chi connectivity index (χ2n) is 6.15. The van der Waals surface area contributed by atoms with Crippen LogP contribution in [0.4, 0.5) is 0 Å². The number of hydrogen-bond acceptors (Lipinski definition) is 6. The van der Waals surface area contributed by atoms with Gasteiger partial charge in [-0.15, -0.1) is 0 Å². The molecule has 2 amide bonds. The molecule has 0 radical (unpaired) electrons. The maximum absolute atomic E-state index is 12.2. The van der Waals surface area contributed by atoms with Crippen molar-refractivity contribution in [2.45, 2.75) is 17.9 Å². The Morgan fingerprint density at radius 2 is 1.79 bits per heavy atom. The number of fused-ring (bicyclic) bond motifs is 1. The summed E-state index contributed by atoms with van der Waals surface area (Å²) >= 11 is 0. The van der Waals surface area contributed by atoms with Crippen LogP contribution in [-0.2, 0) is 14.8 Å². The summed E-state index contributed by atoms with van der Waals surface area (Å²) in [6.07, 6.45) is 0. The quantitative estimate of drug-likeness (QED) is 0.646. The summed E-state index contributed by atoms with van der Waals surface area (Å²) in [5.74, 6) is 0.237. The fraction of sp³-hybridized carbons (Fsp3) is 0.222. The molecule has 0 spiro atoms. The molecular formula is C18H19N3O6S. The van der Waals surface area contributed by atoms with E-state index in [0.717, 1.165) is 0 Å². The predicted octanol–water partition coefficient (Wildman–Crippen LogP) is 0.670. The van der Waals surface area contributed by atoms with E-state index in [2.05, 4.69) is 10.6 Å². The third-order valence-corrected chi connectivity index (χ3v) is 5.06. The lowest BCUT2D eigenvalue weighted by Crippen LogP contribution is -2.38. The first-order valence-electron chi connectivity index (χ1n) is 8.34. The van der Waals surface area contributed by atoms with Gasteiger partial charge in [-0.05, 0) is 42.8 Å². The summed E-state index contributed by atoms with van der Waals surface area (Å²) in [5, 5.41) is 10.3. The first-order valence-corrected chi connectivity index (χ1v) is 9.88. The number of ether oxygens (including phenoxy) is 2. The Morgan fingerprint density at radius 3 is 2.46 bits per heavy atom. The van der Waals surface area contributed by atoms with Crippen LogP contribution in [0.15, 0.2) is 47.4 Å².